The highest BCUT2D eigenvalue weighted by Gasteiger charge is 2.26. The molecule has 0 aliphatic heterocycles. The van der Waals surface area contributed by atoms with Crippen LogP contribution >= 0.6 is 0 Å². The average Bonchev–Trinajstić information content (AvgIpc) is 2.60. The zero-order valence-corrected chi connectivity index (χ0v) is 13.5. The largest absolute Gasteiger partial charge is 0.497 e. The molecular formula is C19H21NO3. The van der Waals surface area contributed by atoms with Crippen LogP contribution in [0.4, 0.5) is 5.69 Å². The monoisotopic (exact) mass is 311 g/mol. The molecule has 0 spiro atoms. The van der Waals surface area contributed by atoms with Gasteiger partial charge in [-0.25, -0.2) is 0 Å². The van der Waals surface area contributed by atoms with E-state index in [0.29, 0.717) is 17.2 Å². The molecule has 1 N–H and O–H groups in total. The number of carbonyl (C=O) groups is 1. The van der Waals surface area contributed by atoms with Gasteiger partial charge in [0.1, 0.15) is 11.5 Å². The third-order valence-electron chi connectivity index (χ3n) is 4.30. The molecule has 0 aromatic heterocycles. The van der Waals surface area contributed by atoms with Gasteiger partial charge in [-0.15, -0.1) is 0 Å². The summed E-state index contributed by atoms with van der Waals surface area (Å²) in [5.74, 6) is 1.23. The Morgan fingerprint density at radius 1 is 1.09 bits per heavy atom. The molecule has 0 saturated carbocycles. The molecule has 3 rings (SSSR count). The number of methoxy groups -OCH3 is 2. The van der Waals surface area contributed by atoms with Gasteiger partial charge in [0, 0.05) is 23.9 Å². The topological polar surface area (TPSA) is 47.6 Å². The van der Waals surface area contributed by atoms with Crippen molar-refractivity contribution in [3.05, 3.63) is 53.6 Å². The molecule has 0 heterocycles. The standard InChI is InChI=1S/C19H21NO3/c1-22-15-10-14(11-16(12-15)23-2)20-19(21)18-9-5-7-13-6-3-4-8-17(13)18/h3-4,6,8,10-12,18H,5,7,9H2,1-2H3,(H,20,21). The summed E-state index contributed by atoms with van der Waals surface area (Å²) in [6.45, 7) is 0. The molecule has 1 amide bonds. The molecule has 0 bridgehead atoms. The third-order valence-corrected chi connectivity index (χ3v) is 4.30. The van der Waals surface area contributed by atoms with E-state index in [1.165, 1.54) is 5.56 Å². The second-order valence-electron chi connectivity index (χ2n) is 5.73. The number of ether oxygens (including phenoxy) is 2. The number of benzene rings is 2. The van der Waals surface area contributed by atoms with E-state index < -0.39 is 0 Å². The Balaban J connectivity index is 1.83. The number of carbonyl (C=O) groups excluding carboxylic acids is 1. The number of fused-ring (bicyclic) bond motifs is 1. The maximum absolute atomic E-state index is 12.7. The number of rotatable bonds is 4. The molecule has 120 valence electrons. The van der Waals surface area contributed by atoms with Gasteiger partial charge in [0.05, 0.1) is 20.1 Å². The van der Waals surface area contributed by atoms with Crippen LogP contribution in [0.1, 0.15) is 29.9 Å². The smallest absolute Gasteiger partial charge is 0.231 e. The zero-order valence-electron chi connectivity index (χ0n) is 13.5. The number of nitrogens with one attached hydrogen (secondary N) is 1. The Morgan fingerprint density at radius 2 is 1.78 bits per heavy atom. The van der Waals surface area contributed by atoms with E-state index >= 15 is 0 Å². The summed E-state index contributed by atoms with van der Waals surface area (Å²) in [7, 11) is 3.19. The first kappa shape index (κ1) is 15.4. The number of hydrogen-bond acceptors (Lipinski definition) is 3. The third kappa shape index (κ3) is 3.31. The van der Waals surface area contributed by atoms with Crippen molar-refractivity contribution in [1.29, 1.82) is 0 Å². The highest BCUT2D eigenvalue weighted by atomic mass is 16.5. The van der Waals surface area contributed by atoms with E-state index in [1.807, 2.05) is 12.1 Å². The number of amides is 1. The Kier molecular flexibility index (Phi) is 4.51. The zero-order chi connectivity index (χ0) is 16.2. The van der Waals surface area contributed by atoms with E-state index in [9.17, 15) is 4.79 Å². The Morgan fingerprint density at radius 3 is 2.48 bits per heavy atom. The maximum atomic E-state index is 12.7. The van der Waals surface area contributed by atoms with Crippen LogP contribution in [0.5, 0.6) is 11.5 Å². The molecule has 0 radical (unpaired) electrons. The van der Waals surface area contributed by atoms with Crippen LogP contribution in [0, 0.1) is 0 Å². The Labute approximate surface area is 136 Å². The molecule has 4 nitrogen and oxygen atoms in total. The van der Waals surface area contributed by atoms with Gasteiger partial charge in [-0.3, -0.25) is 4.79 Å². The minimum atomic E-state index is -0.0999. The van der Waals surface area contributed by atoms with Gasteiger partial charge < -0.3 is 14.8 Å². The highest BCUT2D eigenvalue weighted by molar-refractivity contribution is 5.96. The van der Waals surface area contributed by atoms with E-state index in [1.54, 1.807) is 32.4 Å². The van der Waals surface area contributed by atoms with Crippen molar-refractivity contribution in [2.24, 2.45) is 0 Å². The summed E-state index contributed by atoms with van der Waals surface area (Å²) in [6.07, 6.45) is 2.97. The SMILES string of the molecule is COc1cc(NC(=O)C2CCCc3ccccc32)cc(OC)c1. The first-order chi connectivity index (χ1) is 11.2. The molecule has 1 atom stereocenters. The summed E-state index contributed by atoms with van der Waals surface area (Å²) >= 11 is 0. The Hall–Kier alpha value is -2.49. The number of aryl methyl sites for hydroxylation is 1. The van der Waals surface area contributed by atoms with Gasteiger partial charge in [-0.1, -0.05) is 24.3 Å². The first-order valence-corrected chi connectivity index (χ1v) is 7.83. The van der Waals surface area contributed by atoms with Crippen molar-refractivity contribution >= 4 is 11.6 Å². The lowest BCUT2D eigenvalue weighted by molar-refractivity contribution is -0.117. The van der Waals surface area contributed by atoms with Crippen molar-refractivity contribution < 1.29 is 14.3 Å². The lowest BCUT2D eigenvalue weighted by atomic mass is 9.82. The van der Waals surface area contributed by atoms with Crippen LogP contribution in [-0.4, -0.2) is 20.1 Å². The summed E-state index contributed by atoms with van der Waals surface area (Å²) in [5.41, 5.74) is 3.11. The maximum Gasteiger partial charge on any atom is 0.231 e. The van der Waals surface area contributed by atoms with Crippen LogP contribution in [-0.2, 0) is 11.2 Å². The number of hydrogen-bond donors (Lipinski definition) is 1. The van der Waals surface area contributed by atoms with Crippen molar-refractivity contribution in [3.8, 4) is 11.5 Å². The molecule has 1 aliphatic rings. The minimum Gasteiger partial charge on any atom is -0.497 e. The van der Waals surface area contributed by atoms with Gasteiger partial charge in [0.2, 0.25) is 5.91 Å². The second-order valence-corrected chi connectivity index (χ2v) is 5.73. The van der Waals surface area contributed by atoms with E-state index in [-0.39, 0.29) is 11.8 Å². The van der Waals surface area contributed by atoms with Gasteiger partial charge in [-0.2, -0.15) is 0 Å². The van der Waals surface area contributed by atoms with Gasteiger partial charge in [-0.05, 0) is 30.4 Å². The molecule has 23 heavy (non-hydrogen) atoms. The average molecular weight is 311 g/mol. The van der Waals surface area contributed by atoms with Crippen molar-refractivity contribution in [1.82, 2.24) is 0 Å². The van der Waals surface area contributed by atoms with Crippen molar-refractivity contribution in [2.45, 2.75) is 25.2 Å². The fourth-order valence-corrected chi connectivity index (χ4v) is 3.14. The fraction of sp³-hybridized carbons (Fsp3) is 0.316. The number of anilines is 1. The van der Waals surface area contributed by atoms with Crippen LogP contribution in [0.25, 0.3) is 0 Å². The van der Waals surface area contributed by atoms with Crippen LogP contribution in [0.2, 0.25) is 0 Å². The van der Waals surface area contributed by atoms with Crippen LogP contribution in [0.3, 0.4) is 0 Å². The molecule has 1 unspecified atom stereocenters. The summed E-state index contributed by atoms with van der Waals surface area (Å²) in [4.78, 5) is 12.7. The first-order valence-electron chi connectivity index (χ1n) is 7.83. The van der Waals surface area contributed by atoms with Gasteiger partial charge in [0.15, 0.2) is 0 Å². The van der Waals surface area contributed by atoms with E-state index in [4.69, 9.17) is 9.47 Å². The predicted octanol–water partition coefficient (Wildman–Crippen LogP) is 3.76. The van der Waals surface area contributed by atoms with Crippen molar-refractivity contribution in [2.75, 3.05) is 19.5 Å². The minimum absolute atomic E-state index is 0.0208. The molecule has 0 fully saturated rings. The fourth-order valence-electron chi connectivity index (χ4n) is 3.14. The Bertz CT molecular complexity index is 689. The second kappa shape index (κ2) is 6.73. The molecule has 2 aromatic rings. The van der Waals surface area contributed by atoms with E-state index in [2.05, 4.69) is 17.4 Å². The molecule has 1 aliphatic carbocycles. The molecule has 0 saturated heterocycles. The summed E-state index contributed by atoms with van der Waals surface area (Å²) < 4.78 is 10.5. The molecule has 2 aromatic carbocycles. The van der Waals surface area contributed by atoms with Gasteiger partial charge in [0.25, 0.3) is 0 Å². The lowest BCUT2D eigenvalue weighted by Gasteiger charge is -2.24. The lowest BCUT2D eigenvalue weighted by Crippen LogP contribution is -2.24. The summed E-state index contributed by atoms with van der Waals surface area (Å²) in [5, 5.41) is 3.00. The van der Waals surface area contributed by atoms with Crippen LogP contribution < -0.4 is 14.8 Å². The van der Waals surface area contributed by atoms with Gasteiger partial charge >= 0.3 is 0 Å². The van der Waals surface area contributed by atoms with Crippen LogP contribution in [0.15, 0.2) is 42.5 Å². The molecule has 4 heteroatoms. The quantitative estimate of drug-likeness (QED) is 0.935. The van der Waals surface area contributed by atoms with Crippen molar-refractivity contribution in [3.63, 3.8) is 0 Å². The highest BCUT2D eigenvalue weighted by Crippen LogP contribution is 2.33. The summed E-state index contributed by atoms with van der Waals surface area (Å²) in [6, 6.07) is 13.6. The van der Waals surface area contributed by atoms with E-state index in [0.717, 1.165) is 24.8 Å². The molecular weight excluding hydrogens is 290 g/mol. The normalized spacial score (nSPS) is 16.3. The predicted molar refractivity (Wildman–Crippen MR) is 90.3 cm³/mol.